The number of hydrogen-bond donors (Lipinski definition) is 0. The Hall–Kier alpha value is -0.0900. The number of carbonyl (C=O) groups excluding carboxylic acids is 1. The molecule has 3 heteroatoms. The van der Waals surface area contributed by atoms with Crippen LogP contribution in [0.1, 0.15) is 43.5 Å². The van der Waals surface area contributed by atoms with Crippen molar-refractivity contribution in [3.63, 3.8) is 0 Å². The van der Waals surface area contributed by atoms with Gasteiger partial charge in [0.25, 0.3) is 0 Å². The summed E-state index contributed by atoms with van der Waals surface area (Å²) in [5, 5.41) is 0.632. The van der Waals surface area contributed by atoms with Gasteiger partial charge in [-0.15, -0.1) is 0 Å². The molecule has 0 heterocycles. The van der Waals surface area contributed by atoms with E-state index in [0.717, 1.165) is 22.0 Å². The molecule has 16 heavy (non-hydrogen) atoms. The lowest BCUT2D eigenvalue weighted by atomic mass is 10.0. The van der Waals surface area contributed by atoms with Crippen LogP contribution >= 0.6 is 34.2 Å². The molecule has 0 saturated heterocycles. The topological polar surface area (TPSA) is 17.1 Å². The van der Waals surface area contributed by atoms with E-state index < -0.39 is 0 Å². The Labute approximate surface area is 116 Å². The van der Waals surface area contributed by atoms with Crippen molar-refractivity contribution < 1.29 is 4.79 Å². The molecule has 0 aliphatic heterocycles. The second-order valence-corrected chi connectivity index (χ2v) is 5.93. The summed E-state index contributed by atoms with van der Waals surface area (Å²) in [6, 6.07) is 5.47. The molecule has 1 nitrogen and oxygen atoms in total. The second-order valence-electron chi connectivity index (χ2n) is 4.33. The zero-order chi connectivity index (χ0) is 12.1. The standard InChI is InChI=1S/C13H16ClIO/c1-9(2)4-3-5-13(16)11-8-10(14)6-7-12(11)15/h6-9H,3-5H2,1-2H3. The Bertz CT molecular complexity index is 374. The molecular formula is C13H16ClIO. The first-order valence-corrected chi connectivity index (χ1v) is 6.94. The van der Waals surface area contributed by atoms with E-state index >= 15 is 0 Å². The lowest BCUT2D eigenvalue weighted by molar-refractivity contribution is 0.0977. The Morgan fingerprint density at radius 2 is 2.12 bits per heavy atom. The van der Waals surface area contributed by atoms with Crippen LogP contribution in [0.4, 0.5) is 0 Å². The van der Waals surface area contributed by atoms with Gasteiger partial charge < -0.3 is 0 Å². The first-order valence-electron chi connectivity index (χ1n) is 5.49. The van der Waals surface area contributed by atoms with E-state index in [0.29, 0.717) is 17.4 Å². The van der Waals surface area contributed by atoms with Crippen LogP contribution in [0.2, 0.25) is 5.02 Å². The normalized spacial score (nSPS) is 10.8. The average molecular weight is 351 g/mol. The summed E-state index contributed by atoms with van der Waals surface area (Å²) in [6.07, 6.45) is 2.68. The summed E-state index contributed by atoms with van der Waals surface area (Å²) in [4.78, 5) is 11.9. The lowest BCUT2D eigenvalue weighted by Crippen LogP contribution is -2.02. The van der Waals surface area contributed by atoms with Gasteiger partial charge in [0.1, 0.15) is 0 Å². The van der Waals surface area contributed by atoms with Crippen molar-refractivity contribution in [2.45, 2.75) is 33.1 Å². The Balaban J connectivity index is 2.62. The van der Waals surface area contributed by atoms with Gasteiger partial charge in [-0.25, -0.2) is 0 Å². The van der Waals surface area contributed by atoms with E-state index in [1.54, 1.807) is 6.07 Å². The number of rotatable bonds is 5. The van der Waals surface area contributed by atoms with Gasteiger partial charge in [-0.1, -0.05) is 31.9 Å². The molecule has 0 aromatic heterocycles. The number of Topliss-reactive ketones (excluding diaryl/α,β-unsaturated/α-hetero) is 1. The maximum atomic E-state index is 11.9. The molecule has 1 aromatic rings. The van der Waals surface area contributed by atoms with Gasteiger partial charge in [-0.2, -0.15) is 0 Å². The van der Waals surface area contributed by atoms with Gasteiger partial charge in [-0.3, -0.25) is 4.79 Å². The monoisotopic (exact) mass is 350 g/mol. The predicted octanol–water partition coefficient (Wildman–Crippen LogP) is 4.95. The summed E-state index contributed by atoms with van der Waals surface area (Å²) >= 11 is 8.07. The molecule has 0 atom stereocenters. The molecule has 0 radical (unpaired) electrons. The third-order valence-corrected chi connectivity index (χ3v) is 3.59. The molecule has 88 valence electrons. The summed E-state index contributed by atoms with van der Waals surface area (Å²) in [7, 11) is 0. The van der Waals surface area contributed by atoms with Crippen LogP contribution in [0, 0.1) is 9.49 Å². The van der Waals surface area contributed by atoms with Crippen LogP contribution in [0.15, 0.2) is 18.2 Å². The fourth-order valence-electron chi connectivity index (χ4n) is 1.52. The highest BCUT2D eigenvalue weighted by Crippen LogP contribution is 2.20. The van der Waals surface area contributed by atoms with E-state index in [9.17, 15) is 4.79 Å². The first kappa shape index (κ1) is 14.0. The minimum atomic E-state index is 0.201. The minimum Gasteiger partial charge on any atom is -0.294 e. The van der Waals surface area contributed by atoms with Crippen LogP contribution in [0.3, 0.4) is 0 Å². The van der Waals surface area contributed by atoms with Crippen molar-refractivity contribution in [2.75, 3.05) is 0 Å². The number of benzene rings is 1. The zero-order valence-electron chi connectivity index (χ0n) is 9.59. The highest BCUT2D eigenvalue weighted by Gasteiger charge is 2.10. The number of halogens is 2. The van der Waals surface area contributed by atoms with E-state index in [1.807, 2.05) is 12.1 Å². The molecule has 1 aromatic carbocycles. The SMILES string of the molecule is CC(C)CCCC(=O)c1cc(Cl)ccc1I. The van der Waals surface area contributed by atoms with Crippen molar-refractivity contribution >= 4 is 40.0 Å². The smallest absolute Gasteiger partial charge is 0.163 e. The number of ketones is 1. The Morgan fingerprint density at radius 3 is 2.75 bits per heavy atom. The van der Waals surface area contributed by atoms with Gasteiger partial charge in [0.05, 0.1) is 0 Å². The van der Waals surface area contributed by atoms with Gasteiger partial charge >= 0.3 is 0 Å². The highest BCUT2D eigenvalue weighted by atomic mass is 127. The summed E-state index contributed by atoms with van der Waals surface area (Å²) < 4.78 is 0.983. The quantitative estimate of drug-likeness (QED) is 0.542. The summed E-state index contributed by atoms with van der Waals surface area (Å²) in [5.74, 6) is 0.860. The third-order valence-electron chi connectivity index (χ3n) is 2.41. The molecule has 1 rings (SSSR count). The van der Waals surface area contributed by atoms with Crippen molar-refractivity contribution in [1.29, 1.82) is 0 Å². The molecule has 0 fully saturated rings. The van der Waals surface area contributed by atoms with E-state index in [2.05, 4.69) is 36.4 Å². The van der Waals surface area contributed by atoms with Gasteiger partial charge in [0.15, 0.2) is 5.78 Å². The second kappa shape index (κ2) is 6.60. The number of carbonyl (C=O) groups is 1. The molecule has 0 aliphatic rings. The molecule has 0 N–H and O–H groups in total. The largest absolute Gasteiger partial charge is 0.294 e. The van der Waals surface area contributed by atoms with Crippen LogP contribution < -0.4 is 0 Å². The van der Waals surface area contributed by atoms with E-state index in [1.165, 1.54) is 0 Å². The van der Waals surface area contributed by atoms with Crippen LogP contribution in [0.5, 0.6) is 0 Å². The van der Waals surface area contributed by atoms with E-state index in [-0.39, 0.29) is 5.78 Å². The maximum absolute atomic E-state index is 11.9. The molecule has 0 bridgehead atoms. The summed E-state index contributed by atoms with van der Waals surface area (Å²) in [6.45, 7) is 4.35. The minimum absolute atomic E-state index is 0.201. The fraction of sp³-hybridized carbons (Fsp3) is 0.462. The maximum Gasteiger partial charge on any atom is 0.163 e. The molecule has 0 spiro atoms. The predicted molar refractivity (Wildman–Crippen MR) is 77.2 cm³/mol. The van der Waals surface area contributed by atoms with Gasteiger partial charge in [0.2, 0.25) is 0 Å². The van der Waals surface area contributed by atoms with Crippen LogP contribution in [0.25, 0.3) is 0 Å². The molecular weight excluding hydrogens is 334 g/mol. The Kier molecular flexibility index (Phi) is 5.76. The van der Waals surface area contributed by atoms with E-state index in [4.69, 9.17) is 11.6 Å². The van der Waals surface area contributed by atoms with Crippen molar-refractivity contribution in [3.8, 4) is 0 Å². The highest BCUT2D eigenvalue weighted by molar-refractivity contribution is 14.1. The van der Waals surface area contributed by atoms with Crippen LogP contribution in [-0.2, 0) is 0 Å². The molecule has 0 amide bonds. The Morgan fingerprint density at radius 1 is 1.44 bits per heavy atom. The first-order chi connectivity index (χ1) is 7.50. The van der Waals surface area contributed by atoms with Crippen molar-refractivity contribution in [1.82, 2.24) is 0 Å². The fourth-order valence-corrected chi connectivity index (χ4v) is 2.33. The average Bonchev–Trinajstić information content (AvgIpc) is 2.21. The third kappa shape index (κ3) is 4.42. The lowest BCUT2D eigenvalue weighted by Gasteiger charge is -2.06. The number of hydrogen-bond acceptors (Lipinski definition) is 1. The van der Waals surface area contributed by atoms with Gasteiger partial charge in [0, 0.05) is 20.6 Å². The van der Waals surface area contributed by atoms with Crippen molar-refractivity contribution in [3.05, 3.63) is 32.4 Å². The van der Waals surface area contributed by atoms with Gasteiger partial charge in [-0.05, 0) is 53.1 Å². The molecule has 0 aliphatic carbocycles. The molecule has 0 saturated carbocycles. The molecule has 0 unspecified atom stereocenters. The van der Waals surface area contributed by atoms with Crippen molar-refractivity contribution in [2.24, 2.45) is 5.92 Å². The zero-order valence-corrected chi connectivity index (χ0v) is 12.5. The summed E-state index contributed by atoms with van der Waals surface area (Å²) in [5.41, 5.74) is 0.761. The van der Waals surface area contributed by atoms with Crippen LogP contribution in [-0.4, -0.2) is 5.78 Å².